The Morgan fingerprint density at radius 2 is 2.17 bits per heavy atom. The smallest absolute Gasteiger partial charge is 0.205 e. The number of allylic oxidation sites excluding steroid dienone is 1. The van der Waals surface area contributed by atoms with Crippen molar-refractivity contribution in [2.75, 3.05) is 0 Å². The normalized spacial score (nSPS) is 16.6. The number of hydrogen-bond donors (Lipinski definition) is 1. The third-order valence-electron chi connectivity index (χ3n) is 4.31. The first-order chi connectivity index (χ1) is 11.6. The third-order valence-corrected chi connectivity index (χ3v) is 4.74. The van der Waals surface area contributed by atoms with Gasteiger partial charge in [0.25, 0.3) is 0 Å². The molecule has 3 heterocycles. The van der Waals surface area contributed by atoms with Crippen LogP contribution in [0.4, 0.5) is 0 Å². The van der Waals surface area contributed by atoms with Crippen LogP contribution in [0.25, 0.3) is 10.9 Å². The second-order valence-electron chi connectivity index (χ2n) is 5.70. The minimum absolute atomic E-state index is 0.145. The fourth-order valence-corrected chi connectivity index (χ4v) is 3.58. The number of pyridine rings is 1. The maximum atomic E-state index is 9.60. The van der Waals surface area contributed by atoms with Crippen molar-refractivity contribution in [1.82, 2.24) is 9.55 Å². The summed E-state index contributed by atoms with van der Waals surface area (Å²) < 4.78 is 8.71. The monoisotopic (exact) mass is 380 g/mol. The van der Waals surface area contributed by atoms with Crippen molar-refractivity contribution in [2.24, 2.45) is 12.8 Å². The average molecular weight is 381 g/mol. The quantitative estimate of drug-likeness (QED) is 0.699. The zero-order valence-corrected chi connectivity index (χ0v) is 14.4. The molecule has 4 rings (SSSR count). The van der Waals surface area contributed by atoms with Gasteiger partial charge in [-0.2, -0.15) is 5.26 Å². The number of rotatable bonds is 1. The highest BCUT2D eigenvalue weighted by Gasteiger charge is 2.32. The van der Waals surface area contributed by atoms with Gasteiger partial charge in [0.15, 0.2) is 0 Å². The molecule has 1 aliphatic heterocycles. The van der Waals surface area contributed by atoms with Crippen molar-refractivity contribution in [3.63, 3.8) is 0 Å². The van der Waals surface area contributed by atoms with E-state index in [2.05, 4.69) is 27.0 Å². The third kappa shape index (κ3) is 2.09. The van der Waals surface area contributed by atoms with E-state index >= 15 is 0 Å². The summed E-state index contributed by atoms with van der Waals surface area (Å²) in [5.74, 6) is 0.550. The Bertz CT molecular complexity index is 1040. The summed E-state index contributed by atoms with van der Waals surface area (Å²) in [6, 6.07) is 10.2. The summed E-state index contributed by atoms with van der Waals surface area (Å²) in [6.45, 7) is 0. The van der Waals surface area contributed by atoms with E-state index in [-0.39, 0.29) is 11.8 Å². The zero-order valence-electron chi connectivity index (χ0n) is 12.8. The lowest BCUT2D eigenvalue weighted by molar-refractivity contribution is 0.398. The molecular weight excluding hydrogens is 368 g/mol. The van der Waals surface area contributed by atoms with Gasteiger partial charge in [0.2, 0.25) is 5.88 Å². The lowest BCUT2D eigenvalue weighted by atomic mass is 9.84. The first kappa shape index (κ1) is 14.8. The summed E-state index contributed by atoms with van der Waals surface area (Å²) in [6.07, 6.45) is 5.44. The molecule has 5 nitrogen and oxygen atoms in total. The van der Waals surface area contributed by atoms with E-state index < -0.39 is 0 Å². The number of aromatic nitrogens is 2. The van der Waals surface area contributed by atoms with Gasteiger partial charge in [-0.1, -0.05) is 6.07 Å². The topological polar surface area (TPSA) is 76.9 Å². The molecule has 1 aliphatic rings. The lowest BCUT2D eigenvalue weighted by Crippen LogP contribution is -2.21. The summed E-state index contributed by atoms with van der Waals surface area (Å²) in [4.78, 5) is 4.23. The van der Waals surface area contributed by atoms with E-state index in [0.29, 0.717) is 11.3 Å². The number of nitriles is 1. The first-order valence-corrected chi connectivity index (χ1v) is 8.15. The average Bonchev–Trinajstić information content (AvgIpc) is 2.95. The van der Waals surface area contributed by atoms with Crippen LogP contribution in [0.1, 0.15) is 17.0 Å². The Balaban J connectivity index is 2.02. The molecule has 24 heavy (non-hydrogen) atoms. The van der Waals surface area contributed by atoms with Gasteiger partial charge in [0.05, 0.1) is 11.4 Å². The van der Waals surface area contributed by atoms with Gasteiger partial charge < -0.3 is 15.0 Å². The Labute approximate surface area is 147 Å². The molecule has 3 aromatic rings. The van der Waals surface area contributed by atoms with Gasteiger partial charge in [0.1, 0.15) is 17.4 Å². The molecule has 0 fully saturated rings. The Morgan fingerprint density at radius 1 is 1.33 bits per heavy atom. The van der Waals surface area contributed by atoms with Gasteiger partial charge >= 0.3 is 0 Å². The summed E-state index contributed by atoms with van der Waals surface area (Å²) >= 11 is 3.44. The molecular formula is C18H13BrN4O. The maximum Gasteiger partial charge on any atom is 0.205 e. The fraction of sp³-hybridized carbons (Fsp3) is 0.111. The number of hydrogen-bond acceptors (Lipinski definition) is 4. The van der Waals surface area contributed by atoms with Crippen molar-refractivity contribution in [1.29, 1.82) is 5.26 Å². The van der Waals surface area contributed by atoms with Crippen molar-refractivity contribution in [3.05, 3.63) is 69.9 Å². The Hall–Kier alpha value is -2.78. The summed E-state index contributed by atoms with van der Waals surface area (Å²) in [7, 11) is 1.98. The number of nitrogens with two attached hydrogens (primary N) is 1. The van der Waals surface area contributed by atoms with Gasteiger partial charge in [-0.05, 0) is 39.7 Å². The standard InChI is InChI=1S/C18H13BrN4O/c1-23-5-4-12-15(23)3-2-13-16(10-6-11(19)9-22-8-10)14(7-20)18(21)24-17(12)13/h2-6,8-9,16H,21H2,1H3. The van der Waals surface area contributed by atoms with Gasteiger partial charge in [-0.15, -0.1) is 0 Å². The highest BCUT2D eigenvalue weighted by atomic mass is 79.9. The van der Waals surface area contributed by atoms with Crippen LogP contribution in [0.2, 0.25) is 0 Å². The number of aryl methyl sites for hydroxylation is 1. The minimum Gasteiger partial charge on any atom is -0.439 e. The minimum atomic E-state index is -0.298. The molecule has 0 spiro atoms. The lowest BCUT2D eigenvalue weighted by Gasteiger charge is -2.27. The molecule has 1 atom stereocenters. The molecule has 6 heteroatoms. The highest BCUT2D eigenvalue weighted by Crippen LogP contribution is 2.45. The van der Waals surface area contributed by atoms with Crippen LogP contribution >= 0.6 is 15.9 Å². The molecule has 0 bridgehead atoms. The van der Waals surface area contributed by atoms with Gasteiger partial charge in [-0.3, -0.25) is 4.98 Å². The van der Waals surface area contributed by atoms with E-state index in [0.717, 1.165) is 26.5 Å². The molecule has 0 amide bonds. The molecule has 0 saturated heterocycles. The number of nitrogens with zero attached hydrogens (tertiary/aromatic N) is 3. The van der Waals surface area contributed by atoms with E-state index in [1.165, 1.54) is 0 Å². The SMILES string of the molecule is Cn1ccc2c3c(ccc21)C(c1cncc(Br)c1)C(C#N)=C(N)O3. The Morgan fingerprint density at radius 3 is 2.92 bits per heavy atom. The van der Waals surface area contributed by atoms with Crippen LogP contribution < -0.4 is 10.5 Å². The van der Waals surface area contributed by atoms with Crippen LogP contribution in [0.15, 0.2) is 58.8 Å². The van der Waals surface area contributed by atoms with E-state index in [9.17, 15) is 5.26 Å². The van der Waals surface area contributed by atoms with E-state index in [1.54, 1.807) is 12.4 Å². The molecule has 1 unspecified atom stereocenters. The largest absolute Gasteiger partial charge is 0.439 e. The molecule has 1 aromatic carbocycles. The highest BCUT2D eigenvalue weighted by molar-refractivity contribution is 9.10. The number of benzene rings is 1. The van der Waals surface area contributed by atoms with Crippen LogP contribution in [0.5, 0.6) is 5.75 Å². The molecule has 2 N–H and O–H groups in total. The van der Waals surface area contributed by atoms with E-state index in [4.69, 9.17) is 10.5 Å². The first-order valence-electron chi connectivity index (χ1n) is 7.36. The second kappa shape index (κ2) is 5.39. The second-order valence-corrected chi connectivity index (χ2v) is 6.62. The predicted octanol–water partition coefficient (Wildman–Crippen LogP) is 3.55. The molecule has 118 valence electrons. The van der Waals surface area contributed by atoms with Crippen molar-refractivity contribution in [2.45, 2.75) is 5.92 Å². The van der Waals surface area contributed by atoms with Crippen LogP contribution in [0, 0.1) is 11.3 Å². The molecule has 2 aromatic heterocycles. The number of ether oxygens (including phenoxy) is 1. The van der Waals surface area contributed by atoms with Crippen molar-refractivity contribution < 1.29 is 4.74 Å². The fourth-order valence-electron chi connectivity index (χ4n) is 3.20. The van der Waals surface area contributed by atoms with E-state index in [1.807, 2.05) is 42.1 Å². The summed E-state index contributed by atoms with van der Waals surface area (Å²) in [5, 5.41) is 10.6. The molecule has 0 aliphatic carbocycles. The molecule has 0 radical (unpaired) electrons. The van der Waals surface area contributed by atoms with Crippen molar-refractivity contribution in [3.8, 4) is 11.8 Å². The van der Waals surface area contributed by atoms with Gasteiger partial charge in [0, 0.05) is 41.1 Å². The van der Waals surface area contributed by atoms with Gasteiger partial charge in [-0.25, -0.2) is 0 Å². The zero-order chi connectivity index (χ0) is 16.8. The molecule has 0 saturated carbocycles. The number of fused-ring (bicyclic) bond motifs is 3. The summed E-state index contributed by atoms with van der Waals surface area (Å²) in [5.41, 5.74) is 9.32. The van der Waals surface area contributed by atoms with Crippen LogP contribution in [-0.2, 0) is 7.05 Å². The van der Waals surface area contributed by atoms with Crippen LogP contribution in [-0.4, -0.2) is 9.55 Å². The van der Waals surface area contributed by atoms with Crippen molar-refractivity contribution >= 4 is 26.8 Å². The number of halogens is 1. The Kier molecular flexibility index (Phi) is 3.32. The van der Waals surface area contributed by atoms with Crippen LogP contribution in [0.3, 0.4) is 0 Å². The predicted molar refractivity (Wildman–Crippen MR) is 94.2 cm³/mol. The maximum absolute atomic E-state index is 9.60.